The van der Waals surface area contributed by atoms with Gasteiger partial charge < -0.3 is 76.8 Å². The molecule has 124 heavy (non-hydrogen) atoms. The highest BCUT2D eigenvalue weighted by Gasteiger charge is 2.55. The first-order chi connectivity index (χ1) is 58.3. The number of allylic oxidation sites excluding steroid dienone is 5. The fraction of sp³-hybridized carbons (Fsp3) is 0.736. The summed E-state index contributed by atoms with van der Waals surface area (Å²) in [6.45, 7) is 32.4. The second kappa shape index (κ2) is 46.0. The van der Waals surface area contributed by atoms with E-state index in [1.54, 1.807) is 102 Å². The van der Waals surface area contributed by atoms with Crippen molar-refractivity contribution < 1.29 is 101 Å². The average molecular weight is 1740 g/mol. The summed E-state index contributed by atoms with van der Waals surface area (Å²) in [5.41, 5.74) is -1.49. The number of fused-ring (bicyclic) bond motifs is 3. The number of ketones is 6. The fourth-order valence-electron chi connectivity index (χ4n) is 17.4. The van der Waals surface area contributed by atoms with Crippen molar-refractivity contribution in [1.29, 1.82) is 0 Å². The maximum atomic E-state index is 14.0. The molecule has 15 atom stereocenters. The van der Waals surface area contributed by atoms with Crippen LogP contribution in [-0.2, 0) is 86.1 Å². The number of carbonyl (C=O) groups excluding carboxylic acids is 18. The van der Waals surface area contributed by atoms with E-state index >= 15 is 0 Å². The SMILES string of the molecule is C/C=C(\C)C(=O)CC[C@H](NC(=O)OC(C)(C)C)C(=O)N1C[C@@H]2CCC[C@@H]2[C@H]1C(=O)N[C@@H](CCC)C(=O)C(=O)NC1CC1.C/C=C/C(=O)CC[C@H](NC(=O)OC(C)(C)C)C(=O)N1C[C@@H]2CCC[C@@H]2[C@H]1C(=O)N[C@@H](CCC)C(=O)C(=O)NC1CC1.C=C(C)C(=O)CC[C@H](NC(=O)OC(C)(C)C)C(=O)N1C[C@@H]2CCC[C@@H]2[C@H]1C(=O)N[C@@H](CCC)C(=O)C(=O)NC1CC1. The monoisotopic (exact) mass is 1740 g/mol. The Morgan fingerprint density at radius 1 is 0.379 bits per heavy atom. The van der Waals surface area contributed by atoms with E-state index in [1.807, 2.05) is 20.8 Å². The van der Waals surface area contributed by atoms with Crippen molar-refractivity contribution in [3.8, 4) is 0 Å². The Labute approximate surface area is 730 Å². The molecule has 690 valence electrons. The summed E-state index contributed by atoms with van der Waals surface area (Å²) in [6.07, 6.45) is 17.8. The zero-order chi connectivity index (χ0) is 92.0. The molecule has 12 amide bonds. The van der Waals surface area contributed by atoms with Crippen molar-refractivity contribution in [2.24, 2.45) is 35.5 Å². The lowest BCUT2D eigenvalue weighted by molar-refractivity contribution is -0.143. The van der Waals surface area contributed by atoms with Gasteiger partial charge in [-0.1, -0.05) is 78.0 Å². The van der Waals surface area contributed by atoms with Gasteiger partial charge in [0.05, 0.1) is 18.1 Å². The molecule has 9 fully saturated rings. The van der Waals surface area contributed by atoms with E-state index in [0.717, 1.165) is 96.3 Å². The predicted octanol–water partition coefficient (Wildman–Crippen LogP) is 8.08. The van der Waals surface area contributed by atoms with Crippen LogP contribution in [0.1, 0.15) is 284 Å². The van der Waals surface area contributed by atoms with Crippen LogP contribution in [0.4, 0.5) is 14.4 Å². The molecule has 0 aromatic heterocycles. The average Bonchev–Trinajstić information content (AvgIpc) is 1.63. The van der Waals surface area contributed by atoms with Gasteiger partial charge in [0.1, 0.15) is 53.1 Å². The van der Waals surface area contributed by atoms with E-state index in [1.165, 1.54) is 20.8 Å². The molecule has 3 heterocycles. The number of alkyl carbamates (subject to hydrolysis) is 3. The van der Waals surface area contributed by atoms with E-state index in [2.05, 4.69) is 54.4 Å². The molecule has 9 N–H and O–H groups in total. The number of nitrogens with one attached hydrogen (secondary N) is 9. The number of Topliss-reactive ketones (excluding diaryl/α,β-unsaturated/α-hetero) is 5. The second-order valence-electron chi connectivity index (χ2n) is 38.0. The van der Waals surface area contributed by atoms with Gasteiger partial charge in [-0.2, -0.15) is 0 Å². The first kappa shape index (κ1) is 101. The fourth-order valence-corrected chi connectivity index (χ4v) is 17.4. The van der Waals surface area contributed by atoms with Crippen LogP contribution in [0.15, 0.2) is 36.0 Å². The van der Waals surface area contributed by atoms with E-state index in [-0.39, 0.29) is 110 Å². The standard InChI is InChI=1S/C31H48N4O7.2C30H46N4O7/c1-7-10-22(26(37)28(39)32-20-13-14-20)33-27(38)25-21-12-9-11-19(21)17-35(25)29(40)23(15-16-24(36)18(3)8-2)34-30(41)42-31(4,5)6;1-7-9-21(25(36)27(38)31-19-12-13-19)32-26(37)24-20-11-8-10-18(20)16-34(24)28(39)22(14-15-23(35)17(2)3)33-29(40)41-30(4,5)6;1-6-9-20(35)15-16-23(33-29(40)41-30(3,4)5)28(39)34-17-18-11-8-12-21(18)24(34)26(37)32-22(10-7-2)25(36)27(38)31-19-13-14-19/h8,19-23,25H,7,9-17H2,1-6H3,(H,32,39)(H,33,38)(H,34,41);18-22,24H,2,7-16H2,1,3-6H3,(H,31,38)(H,32,37)(H,33,40);6,9,18-19,21-24H,7-8,10-17H2,1-5H3,(H,31,38)(H,32,37)(H,33,40)/b18-8+;;9-6+/t19-,21-,22-,23-,25-;18-,20-,21-,22-,24-;18-,21-,22-,23-,24-/m000/s1. The van der Waals surface area contributed by atoms with Crippen molar-refractivity contribution >= 4 is 106 Å². The van der Waals surface area contributed by atoms with Crippen LogP contribution in [0.2, 0.25) is 0 Å². The van der Waals surface area contributed by atoms with E-state index in [4.69, 9.17) is 14.2 Å². The Bertz CT molecular complexity index is 3990. The highest BCUT2D eigenvalue weighted by molar-refractivity contribution is 6.39. The van der Waals surface area contributed by atoms with Crippen LogP contribution in [-0.4, -0.2) is 230 Å². The Balaban J connectivity index is 0.000000256. The topological polar surface area (TPSA) is 453 Å². The van der Waals surface area contributed by atoms with E-state index in [0.29, 0.717) is 69.3 Å². The molecule has 0 unspecified atom stereocenters. The minimum absolute atomic E-state index is 0.0116. The maximum absolute atomic E-state index is 14.0. The lowest BCUT2D eigenvalue weighted by Crippen LogP contribution is -2.57. The van der Waals surface area contributed by atoms with Crippen molar-refractivity contribution in [3.05, 3.63) is 36.0 Å². The Hall–Kier alpha value is -9.72. The number of hydrogen-bond donors (Lipinski definition) is 9. The first-order valence-corrected chi connectivity index (χ1v) is 45.2. The third-order valence-electron chi connectivity index (χ3n) is 24.0. The molecule has 0 aromatic carbocycles. The Kier molecular flexibility index (Phi) is 37.6. The Morgan fingerprint density at radius 3 is 0.911 bits per heavy atom. The lowest BCUT2D eigenvalue weighted by atomic mass is 9.92. The van der Waals surface area contributed by atoms with E-state index in [9.17, 15) is 86.3 Å². The van der Waals surface area contributed by atoms with Crippen molar-refractivity contribution in [2.75, 3.05) is 19.6 Å². The summed E-state index contributed by atoms with van der Waals surface area (Å²) in [4.78, 5) is 239. The molecule has 9 rings (SSSR count). The number of hydrogen-bond acceptors (Lipinski definition) is 21. The largest absolute Gasteiger partial charge is 0.444 e. The number of amides is 12. The van der Waals surface area contributed by atoms with Gasteiger partial charge in [0.25, 0.3) is 17.7 Å². The highest BCUT2D eigenvalue weighted by atomic mass is 16.6. The number of ether oxygens (including phenoxy) is 3. The number of likely N-dealkylation sites (tertiary alicyclic amines) is 3. The summed E-state index contributed by atoms with van der Waals surface area (Å²) < 4.78 is 16.1. The quantitative estimate of drug-likeness (QED) is 0.0159. The molecule has 0 spiro atoms. The molecular formula is C91H140N12O21. The summed E-state index contributed by atoms with van der Waals surface area (Å²) in [5.74, 6) is -7.51. The first-order valence-electron chi connectivity index (χ1n) is 45.2. The van der Waals surface area contributed by atoms with Crippen LogP contribution in [0.25, 0.3) is 0 Å². The molecule has 0 bridgehead atoms. The summed E-state index contributed by atoms with van der Waals surface area (Å²) >= 11 is 0. The number of rotatable bonds is 39. The van der Waals surface area contributed by atoms with Crippen molar-refractivity contribution in [1.82, 2.24) is 62.6 Å². The highest BCUT2D eigenvalue weighted by Crippen LogP contribution is 2.46. The van der Waals surface area contributed by atoms with Crippen molar-refractivity contribution in [3.63, 3.8) is 0 Å². The molecule has 33 heteroatoms. The van der Waals surface area contributed by atoms with Crippen LogP contribution in [0.5, 0.6) is 0 Å². The molecule has 33 nitrogen and oxygen atoms in total. The normalized spacial score (nSPS) is 23.3. The van der Waals surface area contributed by atoms with Gasteiger partial charge in [-0.05, 0) is 258 Å². The third-order valence-corrected chi connectivity index (χ3v) is 24.0. The third kappa shape index (κ3) is 30.6. The minimum atomic E-state index is -1.10. The van der Waals surface area contributed by atoms with Gasteiger partial charge in [-0.25, -0.2) is 14.4 Å². The van der Waals surface area contributed by atoms with Gasteiger partial charge in [0, 0.05) is 57.0 Å². The summed E-state index contributed by atoms with van der Waals surface area (Å²) in [5, 5.41) is 24.3. The van der Waals surface area contributed by atoms with Gasteiger partial charge >= 0.3 is 18.3 Å². The van der Waals surface area contributed by atoms with Crippen LogP contribution >= 0.6 is 0 Å². The van der Waals surface area contributed by atoms with Gasteiger partial charge in [0.2, 0.25) is 52.8 Å². The molecule has 6 saturated carbocycles. The van der Waals surface area contributed by atoms with Crippen LogP contribution in [0.3, 0.4) is 0 Å². The zero-order valence-electron chi connectivity index (χ0n) is 76.0. The van der Waals surface area contributed by atoms with Gasteiger partial charge in [0.15, 0.2) is 17.3 Å². The predicted molar refractivity (Wildman–Crippen MR) is 459 cm³/mol. The molecule has 6 aliphatic carbocycles. The lowest BCUT2D eigenvalue weighted by Gasteiger charge is -2.32. The number of nitrogens with zero attached hydrogens (tertiary/aromatic N) is 3. The van der Waals surface area contributed by atoms with Gasteiger partial charge in [-0.3, -0.25) is 71.9 Å². The molecular weight excluding hydrogens is 1600 g/mol. The molecule has 3 saturated heterocycles. The zero-order valence-corrected chi connectivity index (χ0v) is 76.0. The molecule has 9 aliphatic rings. The minimum Gasteiger partial charge on any atom is -0.444 e. The molecule has 0 aromatic rings. The van der Waals surface area contributed by atoms with E-state index < -0.39 is 160 Å². The molecule has 3 aliphatic heterocycles. The maximum Gasteiger partial charge on any atom is 0.408 e. The summed E-state index contributed by atoms with van der Waals surface area (Å²) in [7, 11) is 0. The van der Waals surface area contributed by atoms with Gasteiger partial charge in [-0.15, -0.1) is 0 Å². The van der Waals surface area contributed by atoms with Crippen LogP contribution in [0, 0.1) is 35.5 Å². The number of carbonyl (C=O) groups is 18. The summed E-state index contributed by atoms with van der Waals surface area (Å²) in [6, 6.07) is -8.74. The smallest absolute Gasteiger partial charge is 0.408 e. The Morgan fingerprint density at radius 2 is 0.661 bits per heavy atom. The van der Waals surface area contributed by atoms with Crippen LogP contribution < -0.4 is 47.9 Å². The second-order valence-corrected chi connectivity index (χ2v) is 38.0. The molecule has 0 radical (unpaired) electrons. The van der Waals surface area contributed by atoms with Crippen molar-refractivity contribution in [2.45, 2.75) is 373 Å².